The summed E-state index contributed by atoms with van der Waals surface area (Å²) in [5, 5.41) is 2.47. The molecule has 3 heterocycles. The van der Waals surface area contributed by atoms with E-state index >= 15 is 0 Å². The molecule has 0 saturated carbocycles. The molecule has 9 nitrogen and oxygen atoms in total. The monoisotopic (exact) mass is 450 g/mol. The highest BCUT2D eigenvalue weighted by atomic mass is 16.5. The molecule has 0 bridgehead atoms. The number of nitrogens with zero attached hydrogens (tertiary/aromatic N) is 3. The third-order valence-corrected chi connectivity index (χ3v) is 6.96. The predicted octanol–water partition coefficient (Wildman–Crippen LogP) is 1.65. The lowest BCUT2D eigenvalue weighted by Crippen LogP contribution is -2.75. The Balaban J connectivity index is 1.68. The second-order valence-electron chi connectivity index (χ2n) is 8.69. The zero-order chi connectivity index (χ0) is 23.3. The third-order valence-electron chi connectivity index (χ3n) is 6.96. The van der Waals surface area contributed by atoms with Crippen molar-refractivity contribution in [3.8, 4) is 11.5 Å². The van der Waals surface area contributed by atoms with Gasteiger partial charge >= 0.3 is 6.03 Å². The number of imide groups is 2. The van der Waals surface area contributed by atoms with Crippen molar-refractivity contribution in [2.24, 2.45) is 5.41 Å². The summed E-state index contributed by atoms with van der Waals surface area (Å²) in [4.78, 5) is 46.1. The maximum Gasteiger partial charge on any atom is 0.335 e. The van der Waals surface area contributed by atoms with Crippen LogP contribution in [0.2, 0.25) is 0 Å². The Morgan fingerprint density at radius 3 is 2.55 bits per heavy atom. The first kappa shape index (κ1) is 21.3. The molecule has 33 heavy (non-hydrogen) atoms. The maximum absolute atomic E-state index is 14.3. The van der Waals surface area contributed by atoms with Gasteiger partial charge in [-0.1, -0.05) is 18.2 Å². The summed E-state index contributed by atoms with van der Waals surface area (Å²) in [6, 6.07) is 11.5. The number of anilines is 2. The quantitative estimate of drug-likeness (QED) is 0.711. The summed E-state index contributed by atoms with van der Waals surface area (Å²) >= 11 is 0. The number of amides is 4. The number of urea groups is 1. The number of rotatable bonds is 3. The second-order valence-corrected chi connectivity index (χ2v) is 8.69. The number of carbonyl (C=O) groups is 3. The molecule has 2 fully saturated rings. The first-order valence-electron chi connectivity index (χ1n) is 10.9. The molecule has 0 unspecified atom stereocenters. The smallest absolute Gasteiger partial charge is 0.335 e. The third kappa shape index (κ3) is 3.06. The molecular weight excluding hydrogens is 424 g/mol. The number of para-hydroxylation sites is 1. The number of hydrogen-bond donors (Lipinski definition) is 1. The molecule has 0 radical (unpaired) electrons. The molecule has 2 saturated heterocycles. The normalized spacial score (nSPS) is 24.9. The van der Waals surface area contributed by atoms with Crippen molar-refractivity contribution in [2.45, 2.75) is 12.5 Å². The van der Waals surface area contributed by atoms with Gasteiger partial charge in [-0.25, -0.2) is 9.69 Å². The highest BCUT2D eigenvalue weighted by Gasteiger charge is 2.63. The topological polar surface area (TPSA) is 91.4 Å². The molecule has 0 aromatic heterocycles. The standard InChI is InChI=1S/C24H26N4O5/c1-26-10-11-27-17-7-5-4-6-15(17)13-24(20(27)14-26)21(29)25-23(31)28(22(24)30)18-12-16(32-2)8-9-19(18)33-3/h4-9,12,20H,10-11,13-14H2,1-3H3,(H,25,29,31)/t20-,24+/m0/s1. The summed E-state index contributed by atoms with van der Waals surface area (Å²) in [6.45, 7) is 2.00. The second kappa shape index (κ2) is 7.77. The minimum atomic E-state index is -1.47. The number of methoxy groups -OCH3 is 2. The van der Waals surface area contributed by atoms with E-state index in [1.54, 1.807) is 18.2 Å². The van der Waals surface area contributed by atoms with E-state index in [0.29, 0.717) is 24.6 Å². The van der Waals surface area contributed by atoms with Gasteiger partial charge in [0.15, 0.2) is 5.41 Å². The number of benzene rings is 2. The van der Waals surface area contributed by atoms with Crippen molar-refractivity contribution in [3.05, 3.63) is 48.0 Å². The molecule has 1 spiro atoms. The number of ether oxygens (including phenoxy) is 2. The van der Waals surface area contributed by atoms with E-state index in [4.69, 9.17) is 9.47 Å². The molecule has 2 aromatic rings. The van der Waals surface area contributed by atoms with Gasteiger partial charge in [0.05, 0.1) is 25.9 Å². The zero-order valence-electron chi connectivity index (χ0n) is 18.8. The van der Waals surface area contributed by atoms with E-state index in [-0.39, 0.29) is 12.1 Å². The summed E-state index contributed by atoms with van der Waals surface area (Å²) < 4.78 is 10.8. The molecule has 1 N–H and O–H groups in total. The van der Waals surface area contributed by atoms with Gasteiger partial charge < -0.3 is 19.3 Å². The summed E-state index contributed by atoms with van der Waals surface area (Å²) in [7, 11) is 4.94. The molecule has 2 aromatic carbocycles. The molecule has 3 aliphatic rings. The summed E-state index contributed by atoms with van der Waals surface area (Å²) in [6.07, 6.45) is 0.207. The van der Waals surface area contributed by atoms with Gasteiger partial charge in [0.25, 0.3) is 5.91 Å². The molecule has 172 valence electrons. The van der Waals surface area contributed by atoms with Crippen molar-refractivity contribution in [3.63, 3.8) is 0 Å². The fourth-order valence-electron chi connectivity index (χ4n) is 5.28. The van der Waals surface area contributed by atoms with Crippen molar-refractivity contribution in [2.75, 3.05) is 50.7 Å². The van der Waals surface area contributed by atoms with Gasteiger partial charge in [-0.15, -0.1) is 0 Å². The SMILES string of the molecule is COc1ccc(OC)c(N2C(=O)NC(=O)[C@]3(Cc4ccccc4N4CCN(C)C[C@H]43)C2=O)c1. The Bertz CT molecular complexity index is 1150. The highest BCUT2D eigenvalue weighted by molar-refractivity contribution is 6.31. The molecule has 9 heteroatoms. The first-order valence-corrected chi connectivity index (χ1v) is 10.9. The Morgan fingerprint density at radius 2 is 1.79 bits per heavy atom. The molecule has 0 aliphatic carbocycles. The van der Waals surface area contributed by atoms with Crippen molar-refractivity contribution in [1.82, 2.24) is 10.2 Å². The van der Waals surface area contributed by atoms with Crippen LogP contribution in [0.15, 0.2) is 42.5 Å². The number of barbiturate groups is 1. The number of likely N-dealkylation sites (N-methyl/N-ethyl adjacent to an activating group) is 1. The number of fused-ring (bicyclic) bond motifs is 4. The van der Waals surface area contributed by atoms with Gasteiger partial charge in [0, 0.05) is 31.4 Å². The van der Waals surface area contributed by atoms with Gasteiger partial charge in [0.1, 0.15) is 11.5 Å². The van der Waals surface area contributed by atoms with Gasteiger partial charge in [-0.05, 0) is 37.2 Å². The molecular formula is C24H26N4O5. The molecule has 5 rings (SSSR count). The number of hydrogen-bond acceptors (Lipinski definition) is 7. The van der Waals surface area contributed by atoms with Crippen LogP contribution < -0.4 is 24.6 Å². The van der Waals surface area contributed by atoms with Crippen LogP contribution in [0, 0.1) is 5.41 Å². The van der Waals surface area contributed by atoms with Crippen LogP contribution in [-0.2, 0) is 16.0 Å². The average Bonchev–Trinajstić information content (AvgIpc) is 2.82. The molecule has 2 atom stereocenters. The lowest BCUT2D eigenvalue weighted by molar-refractivity contribution is -0.145. The molecule has 3 aliphatic heterocycles. The van der Waals surface area contributed by atoms with E-state index < -0.39 is 29.3 Å². The fourth-order valence-corrected chi connectivity index (χ4v) is 5.28. The largest absolute Gasteiger partial charge is 0.497 e. The van der Waals surface area contributed by atoms with Crippen LogP contribution in [0.5, 0.6) is 11.5 Å². The Kier molecular flexibility index (Phi) is 5.01. The van der Waals surface area contributed by atoms with E-state index in [9.17, 15) is 14.4 Å². The Labute approximate surface area is 191 Å². The van der Waals surface area contributed by atoms with Crippen LogP contribution in [0.1, 0.15) is 5.56 Å². The predicted molar refractivity (Wildman–Crippen MR) is 122 cm³/mol. The average molecular weight is 450 g/mol. The van der Waals surface area contributed by atoms with Gasteiger partial charge in [0.2, 0.25) is 5.91 Å². The number of nitrogens with one attached hydrogen (secondary N) is 1. The van der Waals surface area contributed by atoms with E-state index in [1.165, 1.54) is 14.2 Å². The van der Waals surface area contributed by atoms with E-state index in [1.807, 2.05) is 31.3 Å². The minimum absolute atomic E-state index is 0.207. The summed E-state index contributed by atoms with van der Waals surface area (Å²) in [5.41, 5.74) is 0.712. The Hall–Kier alpha value is -3.59. The van der Waals surface area contributed by atoms with Crippen LogP contribution >= 0.6 is 0 Å². The lowest BCUT2D eigenvalue weighted by Gasteiger charge is -2.55. The fraction of sp³-hybridized carbons (Fsp3) is 0.375. The number of piperazine rings is 1. The van der Waals surface area contributed by atoms with E-state index in [0.717, 1.165) is 22.7 Å². The van der Waals surface area contributed by atoms with Crippen LogP contribution in [0.3, 0.4) is 0 Å². The van der Waals surface area contributed by atoms with Crippen molar-refractivity contribution >= 4 is 29.2 Å². The minimum Gasteiger partial charge on any atom is -0.497 e. The van der Waals surface area contributed by atoms with Crippen molar-refractivity contribution < 1.29 is 23.9 Å². The van der Waals surface area contributed by atoms with E-state index in [2.05, 4.69) is 15.1 Å². The van der Waals surface area contributed by atoms with Crippen LogP contribution in [0.4, 0.5) is 16.2 Å². The van der Waals surface area contributed by atoms with Gasteiger partial charge in [-0.2, -0.15) is 0 Å². The van der Waals surface area contributed by atoms with Crippen LogP contribution in [0.25, 0.3) is 0 Å². The first-order chi connectivity index (χ1) is 15.9. The zero-order valence-corrected chi connectivity index (χ0v) is 18.8. The summed E-state index contributed by atoms with van der Waals surface area (Å²) in [5.74, 6) is -0.319. The highest BCUT2D eigenvalue weighted by Crippen LogP contribution is 2.47. The Morgan fingerprint density at radius 1 is 1.00 bits per heavy atom. The van der Waals surface area contributed by atoms with Crippen molar-refractivity contribution in [1.29, 1.82) is 0 Å². The van der Waals surface area contributed by atoms with Gasteiger partial charge in [-0.3, -0.25) is 14.9 Å². The number of carbonyl (C=O) groups excluding carboxylic acids is 3. The maximum atomic E-state index is 14.3. The molecule has 4 amide bonds. The lowest BCUT2D eigenvalue weighted by atomic mass is 9.67. The van der Waals surface area contributed by atoms with Crippen LogP contribution in [-0.4, -0.2) is 69.7 Å².